The molecule has 2 atom stereocenters. The summed E-state index contributed by atoms with van der Waals surface area (Å²) in [7, 11) is 0. The van der Waals surface area contributed by atoms with E-state index < -0.39 is 5.92 Å². The predicted molar refractivity (Wildman–Crippen MR) is 34.3 cm³/mol. The molecule has 3 heteroatoms. The van der Waals surface area contributed by atoms with Gasteiger partial charge in [0.15, 0.2) is 0 Å². The van der Waals surface area contributed by atoms with Crippen molar-refractivity contribution < 1.29 is 14.3 Å². The first-order valence-corrected chi connectivity index (χ1v) is 3.43. The molecule has 3 nitrogen and oxygen atoms in total. The average Bonchev–Trinajstić information content (AvgIpc) is 2.30. The van der Waals surface area contributed by atoms with Crippen LogP contribution >= 0.6 is 0 Å². The van der Waals surface area contributed by atoms with E-state index >= 15 is 0 Å². The van der Waals surface area contributed by atoms with Crippen LogP contribution in [0.2, 0.25) is 0 Å². The van der Waals surface area contributed by atoms with Gasteiger partial charge in [-0.1, -0.05) is 6.92 Å². The van der Waals surface area contributed by atoms with Gasteiger partial charge in [-0.25, -0.2) is 0 Å². The van der Waals surface area contributed by atoms with Gasteiger partial charge >= 0.3 is 5.97 Å². The molecule has 10 heavy (non-hydrogen) atoms. The standard InChI is InChI=1S/C7H10O3/c1-2-6-3-5(4-8)7(9)10-6/h4-6H,2-3H2,1H3. The molecule has 0 aromatic carbocycles. The summed E-state index contributed by atoms with van der Waals surface area (Å²) < 4.78 is 4.84. The van der Waals surface area contributed by atoms with Gasteiger partial charge in [-0.3, -0.25) is 4.79 Å². The fourth-order valence-corrected chi connectivity index (χ4v) is 1.04. The molecule has 1 saturated heterocycles. The van der Waals surface area contributed by atoms with E-state index in [4.69, 9.17) is 4.74 Å². The molecule has 0 saturated carbocycles. The van der Waals surface area contributed by atoms with E-state index in [2.05, 4.69) is 0 Å². The number of hydrogen-bond donors (Lipinski definition) is 0. The van der Waals surface area contributed by atoms with Crippen molar-refractivity contribution in [3.63, 3.8) is 0 Å². The normalized spacial score (nSPS) is 31.9. The lowest BCUT2D eigenvalue weighted by atomic mass is 10.1. The second-order valence-corrected chi connectivity index (χ2v) is 2.45. The Labute approximate surface area is 59.4 Å². The molecule has 0 aromatic heterocycles. The van der Waals surface area contributed by atoms with E-state index in [-0.39, 0.29) is 12.1 Å². The number of rotatable bonds is 2. The second kappa shape index (κ2) is 2.82. The van der Waals surface area contributed by atoms with Crippen molar-refractivity contribution in [1.82, 2.24) is 0 Å². The van der Waals surface area contributed by atoms with Crippen molar-refractivity contribution in [3.05, 3.63) is 0 Å². The first kappa shape index (κ1) is 7.25. The molecule has 56 valence electrons. The third-order valence-corrected chi connectivity index (χ3v) is 1.72. The van der Waals surface area contributed by atoms with E-state index in [1.54, 1.807) is 0 Å². The van der Waals surface area contributed by atoms with Crippen LogP contribution in [-0.4, -0.2) is 18.4 Å². The van der Waals surface area contributed by atoms with Crippen LogP contribution in [0, 0.1) is 5.92 Å². The van der Waals surface area contributed by atoms with E-state index in [0.29, 0.717) is 12.7 Å². The maximum Gasteiger partial charge on any atom is 0.316 e. The summed E-state index contributed by atoms with van der Waals surface area (Å²) in [4.78, 5) is 20.9. The number of ether oxygens (including phenoxy) is 1. The molecule has 1 aliphatic rings. The number of carbonyl (C=O) groups is 2. The van der Waals surface area contributed by atoms with Crippen LogP contribution in [-0.2, 0) is 14.3 Å². The van der Waals surface area contributed by atoms with Crippen molar-refractivity contribution in [2.45, 2.75) is 25.9 Å². The van der Waals surface area contributed by atoms with E-state index in [0.717, 1.165) is 6.42 Å². The Morgan fingerprint density at radius 3 is 2.80 bits per heavy atom. The number of aldehydes is 1. The van der Waals surface area contributed by atoms with E-state index in [9.17, 15) is 9.59 Å². The predicted octanol–water partition coefficient (Wildman–Crippen LogP) is 0.527. The maximum atomic E-state index is 10.7. The highest BCUT2D eigenvalue weighted by Gasteiger charge is 2.32. The molecule has 0 radical (unpaired) electrons. The molecule has 2 unspecified atom stereocenters. The van der Waals surface area contributed by atoms with Gasteiger partial charge in [0.1, 0.15) is 18.3 Å². The van der Waals surface area contributed by atoms with Crippen LogP contribution < -0.4 is 0 Å². The minimum Gasteiger partial charge on any atom is -0.462 e. The Morgan fingerprint density at radius 2 is 2.50 bits per heavy atom. The van der Waals surface area contributed by atoms with Gasteiger partial charge in [-0.15, -0.1) is 0 Å². The summed E-state index contributed by atoms with van der Waals surface area (Å²) in [5, 5.41) is 0. The minimum absolute atomic E-state index is 0.0253. The minimum atomic E-state index is -0.495. The molecule has 0 N–H and O–H groups in total. The molecule has 1 rings (SSSR count). The van der Waals surface area contributed by atoms with Crippen molar-refractivity contribution >= 4 is 12.3 Å². The van der Waals surface area contributed by atoms with Gasteiger partial charge in [0, 0.05) is 6.42 Å². The van der Waals surface area contributed by atoms with Crippen LogP contribution in [0.3, 0.4) is 0 Å². The Balaban J connectivity index is 2.52. The molecule has 1 aliphatic heterocycles. The molecular weight excluding hydrogens is 132 g/mol. The lowest BCUT2D eigenvalue weighted by Gasteiger charge is -2.01. The molecule has 0 spiro atoms. The quantitative estimate of drug-likeness (QED) is 0.321. The highest BCUT2D eigenvalue weighted by molar-refractivity contribution is 5.89. The molecule has 0 aromatic rings. The van der Waals surface area contributed by atoms with E-state index in [1.807, 2.05) is 6.92 Å². The largest absolute Gasteiger partial charge is 0.462 e. The first-order chi connectivity index (χ1) is 4.77. The van der Waals surface area contributed by atoms with Crippen molar-refractivity contribution in [1.29, 1.82) is 0 Å². The smallest absolute Gasteiger partial charge is 0.316 e. The topological polar surface area (TPSA) is 43.4 Å². The first-order valence-electron chi connectivity index (χ1n) is 3.43. The summed E-state index contributed by atoms with van der Waals surface area (Å²) in [6.07, 6.45) is 2.01. The van der Waals surface area contributed by atoms with Gasteiger partial charge < -0.3 is 9.53 Å². The lowest BCUT2D eigenvalue weighted by Crippen LogP contribution is -2.07. The van der Waals surface area contributed by atoms with Crippen molar-refractivity contribution in [2.75, 3.05) is 0 Å². The van der Waals surface area contributed by atoms with Gasteiger partial charge in [-0.2, -0.15) is 0 Å². The van der Waals surface area contributed by atoms with Gasteiger partial charge in [0.2, 0.25) is 0 Å². The summed E-state index contributed by atoms with van der Waals surface area (Å²) in [6, 6.07) is 0. The summed E-state index contributed by atoms with van der Waals surface area (Å²) in [6.45, 7) is 1.94. The number of hydrogen-bond acceptors (Lipinski definition) is 3. The molecule has 0 amide bonds. The fraction of sp³-hybridized carbons (Fsp3) is 0.714. The highest BCUT2D eigenvalue weighted by atomic mass is 16.6. The van der Waals surface area contributed by atoms with Crippen LogP contribution in [0.15, 0.2) is 0 Å². The van der Waals surface area contributed by atoms with Gasteiger partial charge in [0.05, 0.1) is 0 Å². The Bertz CT molecular complexity index is 153. The zero-order valence-electron chi connectivity index (χ0n) is 5.87. The zero-order valence-corrected chi connectivity index (χ0v) is 5.87. The lowest BCUT2D eigenvalue weighted by molar-refractivity contribution is -0.145. The van der Waals surface area contributed by atoms with Gasteiger partial charge in [-0.05, 0) is 6.42 Å². The van der Waals surface area contributed by atoms with Crippen LogP contribution in [0.4, 0.5) is 0 Å². The Morgan fingerprint density at radius 1 is 1.80 bits per heavy atom. The SMILES string of the molecule is CCC1CC(C=O)C(=O)O1. The molecule has 1 heterocycles. The van der Waals surface area contributed by atoms with Gasteiger partial charge in [0.25, 0.3) is 0 Å². The van der Waals surface area contributed by atoms with E-state index in [1.165, 1.54) is 0 Å². The molecular formula is C7H10O3. The molecule has 0 aliphatic carbocycles. The van der Waals surface area contributed by atoms with Crippen molar-refractivity contribution in [3.8, 4) is 0 Å². The number of cyclic esters (lactones) is 1. The Kier molecular flexibility index (Phi) is 2.04. The third-order valence-electron chi connectivity index (χ3n) is 1.72. The van der Waals surface area contributed by atoms with Crippen molar-refractivity contribution in [2.24, 2.45) is 5.92 Å². The molecule has 1 fully saturated rings. The fourth-order valence-electron chi connectivity index (χ4n) is 1.04. The number of esters is 1. The number of carbonyl (C=O) groups excluding carboxylic acids is 2. The zero-order chi connectivity index (χ0) is 7.56. The molecule has 0 bridgehead atoms. The second-order valence-electron chi connectivity index (χ2n) is 2.45. The van der Waals surface area contributed by atoms with Crippen LogP contribution in [0.5, 0.6) is 0 Å². The highest BCUT2D eigenvalue weighted by Crippen LogP contribution is 2.20. The summed E-state index contributed by atoms with van der Waals surface area (Å²) in [5.74, 6) is -0.855. The van der Waals surface area contributed by atoms with Crippen LogP contribution in [0.25, 0.3) is 0 Å². The Hall–Kier alpha value is -0.860. The maximum absolute atomic E-state index is 10.7. The monoisotopic (exact) mass is 142 g/mol. The average molecular weight is 142 g/mol. The summed E-state index contributed by atoms with van der Waals surface area (Å²) >= 11 is 0. The van der Waals surface area contributed by atoms with Crippen LogP contribution in [0.1, 0.15) is 19.8 Å². The third kappa shape index (κ3) is 1.17. The summed E-state index contributed by atoms with van der Waals surface area (Å²) in [5.41, 5.74) is 0.